The summed E-state index contributed by atoms with van der Waals surface area (Å²) in [4.78, 5) is 23.5. The first kappa shape index (κ1) is 14.0. The van der Waals surface area contributed by atoms with Crippen molar-refractivity contribution in [3.63, 3.8) is 0 Å². The van der Waals surface area contributed by atoms with Crippen LogP contribution in [0.3, 0.4) is 0 Å². The molecule has 0 fully saturated rings. The van der Waals surface area contributed by atoms with Crippen molar-refractivity contribution in [3.05, 3.63) is 16.2 Å². The first-order valence-corrected chi connectivity index (χ1v) is 7.06. The number of thiophene rings is 1. The lowest BCUT2D eigenvalue weighted by atomic mass is 10.2. The molecule has 1 amide bonds. The Morgan fingerprint density at radius 3 is 2.79 bits per heavy atom. The van der Waals surface area contributed by atoms with E-state index >= 15 is 0 Å². The van der Waals surface area contributed by atoms with Crippen molar-refractivity contribution >= 4 is 44.9 Å². The standard InChI is InChI=1S/C12H15ClN4OS/c1-6(2)17(5-9(14)18)10-8-4-7(3)19-11(8)16-12(13)15-10/h4,6H,5H2,1-3H3,(H2,14,18). The van der Waals surface area contributed by atoms with Crippen LogP contribution in [-0.4, -0.2) is 28.5 Å². The number of rotatable bonds is 4. The molecule has 2 aromatic heterocycles. The fourth-order valence-electron chi connectivity index (χ4n) is 1.89. The van der Waals surface area contributed by atoms with Crippen LogP contribution in [0, 0.1) is 6.92 Å². The number of anilines is 1. The van der Waals surface area contributed by atoms with Gasteiger partial charge in [0.15, 0.2) is 0 Å². The van der Waals surface area contributed by atoms with Crippen LogP contribution in [0.25, 0.3) is 10.2 Å². The molecule has 0 atom stereocenters. The molecule has 2 aromatic rings. The van der Waals surface area contributed by atoms with Gasteiger partial charge in [0, 0.05) is 10.9 Å². The topological polar surface area (TPSA) is 72.1 Å². The molecule has 0 bridgehead atoms. The van der Waals surface area contributed by atoms with Crippen molar-refractivity contribution in [1.29, 1.82) is 0 Å². The molecule has 102 valence electrons. The molecule has 0 aromatic carbocycles. The molecule has 2 heterocycles. The van der Waals surface area contributed by atoms with Crippen LogP contribution in [0.4, 0.5) is 5.82 Å². The van der Waals surface area contributed by atoms with E-state index in [2.05, 4.69) is 9.97 Å². The zero-order chi connectivity index (χ0) is 14.2. The molecule has 0 aliphatic carbocycles. The SMILES string of the molecule is Cc1cc2c(N(CC(N)=O)C(C)C)nc(Cl)nc2s1. The van der Waals surface area contributed by atoms with Crippen molar-refractivity contribution in [3.8, 4) is 0 Å². The lowest BCUT2D eigenvalue weighted by Crippen LogP contribution is -2.39. The Hall–Kier alpha value is -1.40. The van der Waals surface area contributed by atoms with Gasteiger partial charge in [0.2, 0.25) is 11.2 Å². The minimum atomic E-state index is -0.400. The monoisotopic (exact) mass is 298 g/mol. The second-order valence-electron chi connectivity index (χ2n) is 4.58. The smallest absolute Gasteiger partial charge is 0.237 e. The Labute approximate surface area is 120 Å². The number of hydrogen-bond acceptors (Lipinski definition) is 5. The predicted molar refractivity (Wildman–Crippen MR) is 78.8 cm³/mol. The average molecular weight is 299 g/mol. The minimum absolute atomic E-state index is 0.0851. The summed E-state index contributed by atoms with van der Waals surface area (Å²) in [6, 6.07) is 2.09. The van der Waals surface area contributed by atoms with E-state index in [0.29, 0.717) is 5.82 Å². The predicted octanol–water partition coefficient (Wildman–Crippen LogP) is 2.35. The molecule has 0 spiro atoms. The van der Waals surface area contributed by atoms with E-state index in [4.69, 9.17) is 17.3 Å². The summed E-state index contributed by atoms with van der Waals surface area (Å²) in [5.74, 6) is 0.261. The van der Waals surface area contributed by atoms with Gasteiger partial charge in [0.1, 0.15) is 10.6 Å². The lowest BCUT2D eigenvalue weighted by molar-refractivity contribution is -0.116. The number of amides is 1. The molecular formula is C12H15ClN4OS. The van der Waals surface area contributed by atoms with Crippen molar-refractivity contribution in [1.82, 2.24) is 9.97 Å². The number of nitrogens with zero attached hydrogens (tertiary/aromatic N) is 3. The van der Waals surface area contributed by atoms with E-state index < -0.39 is 5.91 Å². The quantitative estimate of drug-likeness (QED) is 0.880. The second kappa shape index (κ2) is 5.30. The Morgan fingerprint density at radius 2 is 2.21 bits per heavy atom. The number of carbonyl (C=O) groups is 1. The molecule has 7 heteroatoms. The first-order chi connectivity index (χ1) is 8.88. The highest BCUT2D eigenvalue weighted by Gasteiger charge is 2.19. The lowest BCUT2D eigenvalue weighted by Gasteiger charge is -2.26. The normalized spacial score (nSPS) is 11.2. The zero-order valence-corrected chi connectivity index (χ0v) is 12.5. The van der Waals surface area contributed by atoms with Crippen LogP contribution in [0.15, 0.2) is 6.07 Å². The fraction of sp³-hybridized carbons (Fsp3) is 0.417. The summed E-state index contributed by atoms with van der Waals surface area (Å²) in [5, 5.41) is 1.08. The molecule has 2 rings (SSSR count). The molecule has 0 radical (unpaired) electrons. The average Bonchev–Trinajstić information content (AvgIpc) is 2.64. The van der Waals surface area contributed by atoms with Crippen LogP contribution >= 0.6 is 22.9 Å². The van der Waals surface area contributed by atoms with Gasteiger partial charge >= 0.3 is 0 Å². The van der Waals surface area contributed by atoms with E-state index in [1.165, 1.54) is 0 Å². The van der Waals surface area contributed by atoms with Gasteiger partial charge in [-0.05, 0) is 38.4 Å². The fourth-order valence-corrected chi connectivity index (χ4v) is 2.98. The van der Waals surface area contributed by atoms with E-state index in [1.807, 2.05) is 31.7 Å². The maximum atomic E-state index is 11.2. The first-order valence-electron chi connectivity index (χ1n) is 5.87. The number of hydrogen-bond donors (Lipinski definition) is 1. The Balaban J connectivity index is 2.60. The summed E-state index contributed by atoms with van der Waals surface area (Å²) < 4.78 is 0. The van der Waals surface area contributed by atoms with E-state index in [0.717, 1.165) is 15.1 Å². The summed E-state index contributed by atoms with van der Waals surface area (Å²) in [6.45, 7) is 6.06. The van der Waals surface area contributed by atoms with Gasteiger partial charge in [0.25, 0.3) is 0 Å². The molecule has 0 saturated carbocycles. The van der Waals surface area contributed by atoms with Crippen LogP contribution in [0.5, 0.6) is 0 Å². The molecule has 19 heavy (non-hydrogen) atoms. The van der Waals surface area contributed by atoms with E-state index in [-0.39, 0.29) is 17.9 Å². The highest BCUT2D eigenvalue weighted by atomic mass is 35.5. The van der Waals surface area contributed by atoms with Gasteiger partial charge < -0.3 is 10.6 Å². The Morgan fingerprint density at radius 1 is 1.53 bits per heavy atom. The van der Waals surface area contributed by atoms with Crippen LogP contribution in [0.1, 0.15) is 18.7 Å². The number of aromatic nitrogens is 2. The minimum Gasteiger partial charge on any atom is -0.368 e. The van der Waals surface area contributed by atoms with Gasteiger partial charge in [-0.15, -0.1) is 11.3 Å². The number of carbonyl (C=O) groups excluding carboxylic acids is 1. The maximum absolute atomic E-state index is 11.2. The molecule has 2 N–H and O–H groups in total. The summed E-state index contributed by atoms with van der Waals surface area (Å²) in [5.41, 5.74) is 5.30. The van der Waals surface area contributed by atoms with Crippen LogP contribution < -0.4 is 10.6 Å². The molecule has 0 saturated heterocycles. The van der Waals surface area contributed by atoms with E-state index in [1.54, 1.807) is 11.3 Å². The third kappa shape index (κ3) is 2.96. The largest absolute Gasteiger partial charge is 0.368 e. The summed E-state index contributed by atoms with van der Waals surface area (Å²) >= 11 is 7.51. The third-order valence-corrected chi connectivity index (χ3v) is 3.80. The van der Waals surface area contributed by atoms with Gasteiger partial charge in [-0.2, -0.15) is 4.98 Å². The maximum Gasteiger partial charge on any atom is 0.237 e. The molecule has 0 aliphatic heterocycles. The van der Waals surface area contributed by atoms with Crippen LogP contribution in [-0.2, 0) is 4.79 Å². The van der Waals surface area contributed by atoms with Gasteiger partial charge in [-0.1, -0.05) is 0 Å². The van der Waals surface area contributed by atoms with Gasteiger partial charge in [-0.3, -0.25) is 4.79 Å². The third-order valence-electron chi connectivity index (χ3n) is 2.69. The number of aryl methyl sites for hydroxylation is 1. The highest BCUT2D eigenvalue weighted by molar-refractivity contribution is 7.18. The highest BCUT2D eigenvalue weighted by Crippen LogP contribution is 2.32. The Kier molecular flexibility index (Phi) is 3.91. The Bertz CT molecular complexity index is 625. The number of primary amides is 1. The van der Waals surface area contributed by atoms with Gasteiger partial charge in [0.05, 0.1) is 11.9 Å². The van der Waals surface area contributed by atoms with Crippen molar-refractivity contribution in [2.24, 2.45) is 5.73 Å². The van der Waals surface area contributed by atoms with Crippen molar-refractivity contribution < 1.29 is 4.79 Å². The summed E-state index contributed by atoms with van der Waals surface area (Å²) in [6.07, 6.45) is 0. The number of fused-ring (bicyclic) bond motifs is 1. The molecule has 5 nitrogen and oxygen atoms in total. The van der Waals surface area contributed by atoms with Crippen molar-refractivity contribution in [2.75, 3.05) is 11.4 Å². The summed E-state index contributed by atoms with van der Waals surface area (Å²) in [7, 11) is 0. The van der Waals surface area contributed by atoms with Crippen molar-refractivity contribution in [2.45, 2.75) is 26.8 Å². The molecule has 0 unspecified atom stereocenters. The number of nitrogens with two attached hydrogens (primary N) is 1. The molecular weight excluding hydrogens is 284 g/mol. The van der Waals surface area contributed by atoms with E-state index in [9.17, 15) is 4.79 Å². The number of halogens is 1. The van der Waals surface area contributed by atoms with Gasteiger partial charge in [-0.25, -0.2) is 4.98 Å². The second-order valence-corrected chi connectivity index (χ2v) is 6.15. The molecule has 0 aliphatic rings. The van der Waals surface area contributed by atoms with Crippen LogP contribution in [0.2, 0.25) is 5.28 Å². The zero-order valence-electron chi connectivity index (χ0n) is 11.0.